The molecule has 0 aromatic heterocycles. The molecule has 2 amide bonds. The number of nitrogens with zero attached hydrogens (tertiary/aromatic N) is 1. The number of aliphatic hydroxyl groups excluding tert-OH is 1. The van der Waals surface area contributed by atoms with Gasteiger partial charge >= 0.3 is 5.97 Å². The Hall–Kier alpha value is -3.19. The number of aliphatic carboxylic acids is 1. The van der Waals surface area contributed by atoms with Gasteiger partial charge in [-0.2, -0.15) is 0 Å². The topological polar surface area (TPSA) is 107 Å². The van der Waals surface area contributed by atoms with Crippen LogP contribution < -0.4 is 5.32 Å². The van der Waals surface area contributed by atoms with Crippen LogP contribution in [-0.4, -0.2) is 52.1 Å². The summed E-state index contributed by atoms with van der Waals surface area (Å²) in [6, 6.07) is 18.3. The second-order valence-corrected chi connectivity index (χ2v) is 7.39. The number of carboxylic acids is 1. The Balaban J connectivity index is 1.96. The van der Waals surface area contributed by atoms with Gasteiger partial charge in [-0.3, -0.25) is 9.59 Å². The largest absolute Gasteiger partial charge is 0.480 e. The molecule has 7 nitrogen and oxygen atoms in total. The molecule has 0 aliphatic rings. The van der Waals surface area contributed by atoms with Gasteiger partial charge in [-0.15, -0.1) is 0 Å². The minimum absolute atomic E-state index is 0.0253. The maximum absolute atomic E-state index is 12.5. The summed E-state index contributed by atoms with van der Waals surface area (Å²) >= 11 is 0. The fourth-order valence-electron chi connectivity index (χ4n) is 3.49. The van der Waals surface area contributed by atoms with Gasteiger partial charge in [-0.25, -0.2) is 4.79 Å². The van der Waals surface area contributed by atoms with Gasteiger partial charge in [-0.1, -0.05) is 67.1 Å². The second-order valence-electron chi connectivity index (χ2n) is 7.39. The van der Waals surface area contributed by atoms with E-state index in [1.807, 2.05) is 65.6 Å². The Kier molecular flexibility index (Phi) is 9.71. The second kappa shape index (κ2) is 12.5. The number of carbonyl (C=O) groups is 3. The van der Waals surface area contributed by atoms with Crippen molar-refractivity contribution in [2.75, 3.05) is 13.2 Å². The maximum atomic E-state index is 12.5. The zero-order valence-corrected chi connectivity index (χ0v) is 17.7. The van der Waals surface area contributed by atoms with Crippen molar-refractivity contribution in [3.63, 3.8) is 0 Å². The molecule has 7 heteroatoms. The average molecular weight is 427 g/mol. The molecule has 2 aromatic carbocycles. The SMILES string of the molecule is CC(=O)N(CCCCCC(=O)N[C@@H](CO)C(=O)O)C(c1ccccc1)c1ccccc1. The summed E-state index contributed by atoms with van der Waals surface area (Å²) in [5.41, 5.74) is 2.07. The molecule has 0 aliphatic heterocycles. The Morgan fingerprint density at radius 3 is 1.90 bits per heavy atom. The van der Waals surface area contributed by atoms with Crippen LogP contribution in [-0.2, 0) is 14.4 Å². The van der Waals surface area contributed by atoms with Crippen LogP contribution in [0.5, 0.6) is 0 Å². The monoisotopic (exact) mass is 426 g/mol. The van der Waals surface area contributed by atoms with E-state index in [0.717, 1.165) is 11.1 Å². The number of hydrogen-bond donors (Lipinski definition) is 3. The molecular formula is C24H30N2O5. The van der Waals surface area contributed by atoms with Crippen LogP contribution >= 0.6 is 0 Å². The molecule has 0 unspecified atom stereocenters. The smallest absolute Gasteiger partial charge is 0.328 e. The summed E-state index contributed by atoms with van der Waals surface area (Å²) in [5.74, 6) is -1.69. The molecule has 0 saturated heterocycles. The fraction of sp³-hybridized carbons (Fsp3) is 0.375. The zero-order chi connectivity index (χ0) is 22.6. The first-order valence-corrected chi connectivity index (χ1v) is 10.4. The highest BCUT2D eigenvalue weighted by Gasteiger charge is 2.24. The van der Waals surface area contributed by atoms with Crippen molar-refractivity contribution in [3.8, 4) is 0 Å². The Bertz CT molecular complexity index is 802. The lowest BCUT2D eigenvalue weighted by Crippen LogP contribution is -2.43. The Morgan fingerprint density at radius 1 is 0.903 bits per heavy atom. The highest BCUT2D eigenvalue weighted by Crippen LogP contribution is 2.29. The molecule has 0 saturated carbocycles. The number of hydrogen-bond acceptors (Lipinski definition) is 4. The molecule has 0 aliphatic carbocycles. The molecule has 1 atom stereocenters. The summed E-state index contributed by atoms with van der Waals surface area (Å²) in [6.07, 6.45) is 2.16. The maximum Gasteiger partial charge on any atom is 0.328 e. The first-order valence-electron chi connectivity index (χ1n) is 10.4. The summed E-state index contributed by atoms with van der Waals surface area (Å²) in [5, 5.41) is 20.1. The van der Waals surface area contributed by atoms with Crippen molar-refractivity contribution in [1.82, 2.24) is 10.2 Å². The van der Waals surface area contributed by atoms with E-state index in [1.54, 1.807) is 6.92 Å². The number of nitrogens with one attached hydrogen (secondary N) is 1. The van der Waals surface area contributed by atoms with Crippen molar-refractivity contribution in [2.24, 2.45) is 0 Å². The molecule has 0 radical (unpaired) electrons. The van der Waals surface area contributed by atoms with Crippen LogP contribution in [0.15, 0.2) is 60.7 Å². The quantitative estimate of drug-likeness (QED) is 0.453. The first-order chi connectivity index (χ1) is 14.9. The zero-order valence-electron chi connectivity index (χ0n) is 17.7. The van der Waals surface area contributed by atoms with Crippen LogP contribution in [0.2, 0.25) is 0 Å². The number of carboxylic acid groups (broad SMARTS) is 1. The fourth-order valence-corrected chi connectivity index (χ4v) is 3.49. The van der Waals surface area contributed by atoms with E-state index in [-0.39, 0.29) is 18.4 Å². The molecular weight excluding hydrogens is 396 g/mol. The molecule has 0 heterocycles. The van der Waals surface area contributed by atoms with E-state index < -0.39 is 24.5 Å². The molecule has 2 rings (SSSR count). The lowest BCUT2D eigenvalue weighted by molar-refractivity contribution is -0.143. The summed E-state index contributed by atoms with van der Waals surface area (Å²) in [4.78, 5) is 37.1. The lowest BCUT2D eigenvalue weighted by Gasteiger charge is -2.32. The number of amides is 2. The van der Waals surface area contributed by atoms with Gasteiger partial charge in [0.2, 0.25) is 11.8 Å². The molecule has 31 heavy (non-hydrogen) atoms. The van der Waals surface area contributed by atoms with E-state index in [9.17, 15) is 14.4 Å². The lowest BCUT2D eigenvalue weighted by atomic mass is 9.96. The molecule has 2 aromatic rings. The van der Waals surface area contributed by atoms with Gasteiger partial charge in [0, 0.05) is 19.9 Å². The van der Waals surface area contributed by atoms with Crippen LogP contribution in [0, 0.1) is 0 Å². The van der Waals surface area contributed by atoms with Crippen LogP contribution in [0.4, 0.5) is 0 Å². The minimum atomic E-state index is -1.28. The van der Waals surface area contributed by atoms with Crippen LogP contribution in [0.25, 0.3) is 0 Å². The van der Waals surface area contributed by atoms with Crippen molar-refractivity contribution in [1.29, 1.82) is 0 Å². The van der Waals surface area contributed by atoms with Gasteiger partial charge in [0.25, 0.3) is 0 Å². The van der Waals surface area contributed by atoms with Gasteiger partial charge in [0.05, 0.1) is 12.6 Å². The third-order valence-corrected chi connectivity index (χ3v) is 5.07. The molecule has 0 fully saturated rings. The van der Waals surface area contributed by atoms with Crippen molar-refractivity contribution >= 4 is 17.8 Å². The summed E-state index contributed by atoms with van der Waals surface area (Å²) in [6.45, 7) is 1.46. The number of aliphatic hydroxyl groups is 1. The van der Waals surface area contributed by atoms with Crippen molar-refractivity contribution in [3.05, 3.63) is 71.8 Å². The third kappa shape index (κ3) is 7.53. The van der Waals surface area contributed by atoms with E-state index in [1.165, 1.54) is 0 Å². The number of unbranched alkanes of at least 4 members (excludes halogenated alkanes) is 2. The molecule has 0 bridgehead atoms. The number of carbonyl (C=O) groups excluding carboxylic acids is 2. The normalized spacial score (nSPS) is 11.7. The van der Waals surface area contributed by atoms with Crippen molar-refractivity contribution in [2.45, 2.75) is 44.7 Å². The predicted octanol–water partition coefficient (Wildman–Crippen LogP) is 2.75. The minimum Gasteiger partial charge on any atom is -0.480 e. The summed E-state index contributed by atoms with van der Waals surface area (Å²) < 4.78 is 0. The molecule has 3 N–H and O–H groups in total. The van der Waals surface area contributed by atoms with E-state index in [0.29, 0.717) is 25.8 Å². The number of rotatable bonds is 12. The van der Waals surface area contributed by atoms with Crippen LogP contribution in [0.1, 0.15) is 49.8 Å². The predicted molar refractivity (Wildman–Crippen MR) is 117 cm³/mol. The molecule has 0 spiro atoms. The van der Waals surface area contributed by atoms with E-state index in [2.05, 4.69) is 5.32 Å². The Morgan fingerprint density at radius 2 is 1.45 bits per heavy atom. The van der Waals surface area contributed by atoms with Crippen molar-refractivity contribution < 1.29 is 24.6 Å². The number of benzene rings is 2. The molecule has 166 valence electrons. The average Bonchev–Trinajstić information content (AvgIpc) is 2.77. The van der Waals surface area contributed by atoms with E-state index in [4.69, 9.17) is 10.2 Å². The van der Waals surface area contributed by atoms with E-state index >= 15 is 0 Å². The van der Waals surface area contributed by atoms with Gasteiger partial charge < -0.3 is 20.4 Å². The summed E-state index contributed by atoms with van der Waals surface area (Å²) in [7, 11) is 0. The highest BCUT2D eigenvalue weighted by molar-refractivity contribution is 5.83. The van der Waals surface area contributed by atoms with Crippen LogP contribution in [0.3, 0.4) is 0 Å². The van der Waals surface area contributed by atoms with Gasteiger partial charge in [0.1, 0.15) is 6.04 Å². The highest BCUT2D eigenvalue weighted by atomic mass is 16.4. The van der Waals surface area contributed by atoms with Gasteiger partial charge in [-0.05, 0) is 24.0 Å². The standard InChI is InChI=1S/C24H30N2O5/c1-18(28)26(16-10-4-9-15-22(29)25-21(17-27)24(30)31)23(19-11-5-2-6-12-19)20-13-7-3-8-14-20/h2-3,5-8,11-14,21,23,27H,4,9-10,15-17H2,1H3,(H,25,29)(H,30,31)/t21-/m0/s1. The van der Waals surface area contributed by atoms with Gasteiger partial charge in [0.15, 0.2) is 0 Å². The third-order valence-electron chi connectivity index (χ3n) is 5.07. The first kappa shape index (κ1) is 24.1. The Labute approximate surface area is 182 Å².